The van der Waals surface area contributed by atoms with Crippen LogP contribution in [-0.2, 0) is 14.3 Å². The van der Waals surface area contributed by atoms with E-state index < -0.39 is 5.41 Å². The molecule has 1 aliphatic carbocycles. The Bertz CT molecular complexity index is 380. The number of carbonyl (C=O) groups is 1. The summed E-state index contributed by atoms with van der Waals surface area (Å²) in [7, 11) is 3.16. The predicted molar refractivity (Wildman–Crippen MR) is 71.6 cm³/mol. The van der Waals surface area contributed by atoms with Crippen molar-refractivity contribution in [3.8, 4) is 0 Å². The van der Waals surface area contributed by atoms with E-state index in [1.165, 1.54) is 13.5 Å². The molecule has 0 saturated heterocycles. The molecule has 1 unspecified atom stereocenters. The first-order valence-corrected chi connectivity index (χ1v) is 7.27. The van der Waals surface area contributed by atoms with E-state index in [0.29, 0.717) is 0 Å². The maximum absolute atomic E-state index is 12.3. The number of hydrogen-bond acceptors (Lipinski definition) is 4. The van der Waals surface area contributed by atoms with Crippen molar-refractivity contribution in [1.29, 1.82) is 0 Å². The van der Waals surface area contributed by atoms with Crippen LogP contribution in [-0.4, -0.2) is 20.2 Å². The zero-order chi connectivity index (χ0) is 13.0. The molecule has 0 spiro atoms. The first kappa shape index (κ1) is 13.6. The van der Waals surface area contributed by atoms with E-state index in [0.717, 1.165) is 30.6 Å². The fourth-order valence-electron chi connectivity index (χ4n) is 3.01. The normalized spacial score (nSPS) is 20.3. The van der Waals surface area contributed by atoms with E-state index >= 15 is 0 Å². The van der Waals surface area contributed by atoms with Crippen LogP contribution in [0, 0.1) is 5.41 Å². The highest BCUT2D eigenvalue weighted by Gasteiger charge is 2.48. The van der Waals surface area contributed by atoms with Crippen LogP contribution in [0.1, 0.15) is 43.1 Å². The van der Waals surface area contributed by atoms with Gasteiger partial charge in [0.2, 0.25) is 0 Å². The molecule has 0 N–H and O–H groups in total. The van der Waals surface area contributed by atoms with Gasteiger partial charge in [-0.25, -0.2) is 0 Å². The number of ether oxygens (including phenoxy) is 2. The van der Waals surface area contributed by atoms with Gasteiger partial charge in [-0.15, -0.1) is 11.3 Å². The second-order valence-electron chi connectivity index (χ2n) is 4.84. The van der Waals surface area contributed by atoms with Crippen LogP contribution in [0.3, 0.4) is 0 Å². The number of thiophene rings is 1. The summed E-state index contributed by atoms with van der Waals surface area (Å²) in [5.74, 6) is -0.123. The monoisotopic (exact) mass is 268 g/mol. The Balaban J connectivity index is 2.35. The average molecular weight is 268 g/mol. The molecule has 1 fully saturated rings. The highest BCUT2D eigenvalue weighted by Crippen LogP contribution is 2.49. The van der Waals surface area contributed by atoms with Crippen molar-refractivity contribution in [1.82, 2.24) is 0 Å². The van der Waals surface area contributed by atoms with Crippen LogP contribution in [0.5, 0.6) is 0 Å². The summed E-state index contributed by atoms with van der Waals surface area (Å²) in [5.41, 5.74) is -0.493. The molecule has 1 aromatic heterocycles. The standard InChI is InChI=1S/C14H20O3S/c1-16-12(11-7-6-10-18-11)14(13(15)17-2)8-4-3-5-9-14/h6-7,10,12H,3-5,8-9H2,1-2H3. The van der Waals surface area contributed by atoms with Gasteiger partial charge >= 0.3 is 5.97 Å². The van der Waals surface area contributed by atoms with Crippen LogP contribution in [0.2, 0.25) is 0 Å². The molecule has 2 rings (SSSR count). The summed E-state index contributed by atoms with van der Waals surface area (Å²) in [6, 6.07) is 4.04. The van der Waals surface area contributed by atoms with E-state index in [1.54, 1.807) is 18.4 Å². The lowest BCUT2D eigenvalue weighted by molar-refractivity contribution is -0.166. The predicted octanol–water partition coefficient (Wildman–Crippen LogP) is 3.56. The Labute approximate surface area is 112 Å². The van der Waals surface area contributed by atoms with Crippen LogP contribution in [0.4, 0.5) is 0 Å². The van der Waals surface area contributed by atoms with Crippen molar-refractivity contribution in [3.63, 3.8) is 0 Å². The number of methoxy groups -OCH3 is 2. The van der Waals surface area contributed by atoms with Crippen LogP contribution in [0.15, 0.2) is 17.5 Å². The Morgan fingerprint density at radius 1 is 1.33 bits per heavy atom. The molecule has 1 aromatic rings. The molecular formula is C14H20O3S. The lowest BCUT2D eigenvalue weighted by atomic mass is 9.69. The van der Waals surface area contributed by atoms with E-state index in [4.69, 9.17) is 9.47 Å². The fourth-order valence-corrected chi connectivity index (χ4v) is 3.93. The van der Waals surface area contributed by atoms with E-state index in [2.05, 4.69) is 0 Å². The molecule has 0 bridgehead atoms. The number of hydrogen-bond donors (Lipinski definition) is 0. The highest BCUT2D eigenvalue weighted by molar-refractivity contribution is 7.10. The fraction of sp³-hybridized carbons (Fsp3) is 0.643. The van der Waals surface area contributed by atoms with Crippen molar-refractivity contribution in [3.05, 3.63) is 22.4 Å². The molecule has 18 heavy (non-hydrogen) atoms. The van der Waals surface area contributed by atoms with E-state index in [1.807, 2.05) is 17.5 Å². The van der Waals surface area contributed by atoms with E-state index in [9.17, 15) is 4.79 Å². The van der Waals surface area contributed by atoms with Gasteiger partial charge in [-0.3, -0.25) is 4.79 Å². The molecule has 1 aliphatic rings. The van der Waals surface area contributed by atoms with Gasteiger partial charge in [-0.1, -0.05) is 25.3 Å². The van der Waals surface area contributed by atoms with Gasteiger partial charge in [0, 0.05) is 12.0 Å². The Morgan fingerprint density at radius 2 is 2.06 bits per heavy atom. The van der Waals surface area contributed by atoms with Crippen LogP contribution < -0.4 is 0 Å². The summed E-state index contributed by atoms with van der Waals surface area (Å²) in [6.07, 6.45) is 4.87. The summed E-state index contributed by atoms with van der Waals surface area (Å²) in [6.45, 7) is 0. The van der Waals surface area contributed by atoms with Crippen LogP contribution >= 0.6 is 11.3 Å². The van der Waals surface area contributed by atoms with Gasteiger partial charge in [-0.2, -0.15) is 0 Å². The minimum atomic E-state index is -0.493. The minimum absolute atomic E-state index is 0.123. The molecule has 0 aliphatic heterocycles. The third kappa shape index (κ3) is 2.31. The molecule has 0 amide bonds. The van der Waals surface area contributed by atoms with E-state index in [-0.39, 0.29) is 12.1 Å². The summed E-state index contributed by atoms with van der Waals surface area (Å²) in [5, 5.41) is 2.02. The van der Waals surface area contributed by atoms with Crippen molar-refractivity contribution in [2.75, 3.05) is 14.2 Å². The molecule has 3 nitrogen and oxygen atoms in total. The quantitative estimate of drug-likeness (QED) is 0.783. The van der Waals surface area contributed by atoms with Gasteiger partial charge < -0.3 is 9.47 Å². The maximum atomic E-state index is 12.3. The molecule has 1 atom stereocenters. The Hall–Kier alpha value is -0.870. The zero-order valence-electron chi connectivity index (χ0n) is 11.0. The largest absolute Gasteiger partial charge is 0.469 e. The van der Waals surface area contributed by atoms with Crippen molar-refractivity contribution in [2.24, 2.45) is 5.41 Å². The van der Waals surface area contributed by atoms with Crippen molar-refractivity contribution < 1.29 is 14.3 Å². The van der Waals surface area contributed by atoms with Crippen LogP contribution in [0.25, 0.3) is 0 Å². The molecule has 100 valence electrons. The van der Waals surface area contributed by atoms with Gasteiger partial charge in [0.05, 0.1) is 12.5 Å². The number of rotatable bonds is 4. The smallest absolute Gasteiger partial charge is 0.314 e. The Kier molecular flexibility index (Phi) is 4.40. The third-order valence-electron chi connectivity index (χ3n) is 3.88. The minimum Gasteiger partial charge on any atom is -0.469 e. The lowest BCUT2D eigenvalue weighted by Crippen LogP contribution is -2.40. The number of carbonyl (C=O) groups excluding carboxylic acids is 1. The van der Waals surface area contributed by atoms with Gasteiger partial charge in [0.25, 0.3) is 0 Å². The first-order valence-electron chi connectivity index (χ1n) is 6.39. The molecule has 1 heterocycles. The first-order chi connectivity index (χ1) is 8.74. The molecular weight excluding hydrogens is 248 g/mol. The summed E-state index contributed by atoms with van der Waals surface area (Å²) < 4.78 is 10.7. The van der Waals surface area contributed by atoms with Gasteiger partial charge in [0.15, 0.2) is 0 Å². The molecule has 1 saturated carbocycles. The van der Waals surface area contributed by atoms with Crippen molar-refractivity contribution in [2.45, 2.75) is 38.2 Å². The molecule has 0 radical (unpaired) electrons. The number of esters is 1. The highest BCUT2D eigenvalue weighted by atomic mass is 32.1. The summed E-state index contributed by atoms with van der Waals surface area (Å²) >= 11 is 1.64. The zero-order valence-corrected chi connectivity index (χ0v) is 11.8. The maximum Gasteiger partial charge on any atom is 0.314 e. The topological polar surface area (TPSA) is 35.5 Å². The SMILES string of the molecule is COC(=O)C1(C(OC)c2cccs2)CCCCC1. The summed E-state index contributed by atoms with van der Waals surface area (Å²) in [4.78, 5) is 13.4. The van der Waals surface area contributed by atoms with Gasteiger partial charge in [0.1, 0.15) is 6.10 Å². The average Bonchev–Trinajstić information content (AvgIpc) is 2.93. The second-order valence-corrected chi connectivity index (χ2v) is 5.82. The molecule has 4 heteroatoms. The molecule has 0 aromatic carbocycles. The lowest BCUT2D eigenvalue weighted by Gasteiger charge is -2.39. The van der Waals surface area contributed by atoms with Crippen molar-refractivity contribution >= 4 is 17.3 Å². The third-order valence-corrected chi connectivity index (χ3v) is 4.79. The van der Waals surface area contributed by atoms with Gasteiger partial charge in [-0.05, 0) is 24.3 Å². The Morgan fingerprint density at radius 3 is 2.56 bits per heavy atom. The second kappa shape index (κ2) is 5.85.